The van der Waals surface area contributed by atoms with Crippen molar-refractivity contribution in [1.82, 2.24) is 0 Å². The fourth-order valence-electron chi connectivity index (χ4n) is 2.51. The molecule has 2 nitrogen and oxygen atoms in total. The highest BCUT2D eigenvalue weighted by Gasteiger charge is 2.30. The molecule has 80 valence electrons. The van der Waals surface area contributed by atoms with E-state index in [1.165, 1.54) is 12.8 Å². The Labute approximate surface area is 93.0 Å². The standard InChI is InChI=1S/C11H12ClFN2/c12-8-4-10-11(5-9(8)13)15-3-1-2-7(15)6-14-10/h4-5,7,14H,1-3,6H2. The largest absolute Gasteiger partial charge is 0.381 e. The molecule has 2 aliphatic heterocycles. The molecular formula is C11H12ClFN2. The third-order valence-electron chi connectivity index (χ3n) is 3.25. The third-order valence-corrected chi connectivity index (χ3v) is 3.54. The molecule has 0 bridgehead atoms. The van der Waals surface area contributed by atoms with Crippen molar-refractivity contribution in [1.29, 1.82) is 0 Å². The lowest BCUT2D eigenvalue weighted by Crippen LogP contribution is -2.39. The molecule has 0 amide bonds. The van der Waals surface area contributed by atoms with Crippen LogP contribution in [0.3, 0.4) is 0 Å². The summed E-state index contributed by atoms with van der Waals surface area (Å²) in [5, 5.41) is 3.50. The molecule has 1 aromatic rings. The van der Waals surface area contributed by atoms with E-state index in [0.29, 0.717) is 6.04 Å². The van der Waals surface area contributed by atoms with Gasteiger partial charge in [-0.05, 0) is 18.9 Å². The summed E-state index contributed by atoms with van der Waals surface area (Å²) in [5.74, 6) is -0.329. The zero-order chi connectivity index (χ0) is 10.4. The summed E-state index contributed by atoms with van der Waals surface area (Å²) < 4.78 is 13.4. The van der Waals surface area contributed by atoms with E-state index < -0.39 is 0 Å². The van der Waals surface area contributed by atoms with Crippen LogP contribution in [0.1, 0.15) is 12.8 Å². The van der Waals surface area contributed by atoms with Gasteiger partial charge in [0.15, 0.2) is 0 Å². The predicted molar refractivity (Wildman–Crippen MR) is 60.3 cm³/mol. The highest BCUT2D eigenvalue weighted by atomic mass is 35.5. The highest BCUT2D eigenvalue weighted by molar-refractivity contribution is 6.31. The van der Waals surface area contributed by atoms with Gasteiger partial charge < -0.3 is 10.2 Å². The molecule has 1 N–H and O–H groups in total. The second-order valence-electron chi connectivity index (χ2n) is 4.15. The van der Waals surface area contributed by atoms with Gasteiger partial charge in [0.2, 0.25) is 0 Å². The van der Waals surface area contributed by atoms with Crippen molar-refractivity contribution in [3.63, 3.8) is 0 Å². The number of rotatable bonds is 0. The van der Waals surface area contributed by atoms with E-state index in [2.05, 4.69) is 10.2 Å². The molecule has 1 fully saturated rings. The van der Waals surface area contributed by atoms with Crippen LogP contribution < -0.4 is 10.2 Å². The molecule has 0 aliphatic carbocycles. The summed E-state index contributed by atoms with van der Waals surface area (Å²) in [5.41, 5.74) is 1.92. The maximum atomic E-state index is 13.4. The first-order valence-electron chi connectivity index (χ1n) is 5.25. The molecule has 1 atom stereocenters. The number of nitrogens with zero attached hydrogens (tertiary/aromatic N) is 1. The Bertz CT molecular complexity index is 408. The maximum absolute atomic E-state index is 13.4. The lowest BCUT2D eigenvalue weighted by molar-refractivity contribution is 0.622. The zero-order valence-electron chi connectivity index (χ0n) is 8.26. The Morgan fingerprint density at radius 1 is 1.47 bits per heavy atom. The predicted octanol–water partition coefficient (Wildman–Crippen LogP) is 2.87. The van der Waals surface area contributed by atoms with Crippen molar-refractivity contribution in [3.8, 4) is 0 Å². The van der Waals surface area contributed by atoms with Crippen LogP contribution in [-0.4, -0.2) is 19.1 Å². The molecule has 0 saturated carbocycles. The van der Waals surface area contributed by atoms with Gasteiger partial charge in [-0.2, -0.15) is 0 Å². The SMILES string of the molecule is Fc1cc2c(cc1Cl)NCC1CCCN21. The number of anilines is 2. The fraction of sp³-hybridized carbons (Fsp3) is 0.455. The smallest absolute Gasteiger partial charge is 0.144 e. The summed E-state index contributed by atoms with van der Waals surface area (Å²) >= 11 is 5.76. The first kappa shape index (κ1) is 9.28. The molecule has 3 rings (SSSR count). The lowest BCUT2D eigenvalue weighted by atomic mass is 10.1. The van der Waals surface area contributed by atoms with Gasteiger partial charge in [0.05, 0.1) is 16.4 Å². The van der Waals surface area contributed by atoms with Crippen LogP contribution in [0.5, 0.6) is 0 Å². The van der Waals surface area contributed by atoms with Crippen LogP contribution in [0.4, 0.5) is 15.8 Å². The van der Waals surface area contributed by atoms with E-state index in [-0.39, 0.29) is 10.8 Å². The highest BCUT2D eigenvalue weighted by Crippen LogP contribution is 2.38. The summed E-state index contributed by atoms with van der Waals surface area (Å²) in [7, 11) is 0. The zero-order valence-corrected chi connectivity index (χ0v) is 9.02. The minimum atomic E-state index is -0.329. The van der Waals surface area contributed by atoms with Crippen LogP contribution in [0.25, 0.3) is 0 Å². The Morgan fingerprint density at radius 2 is 2.33 bits per heavy atom. The second-order valence-corrected chi connectivity index (χ2v) is 4.56. The quantitative estimate of drug-likeness (QED) is 0.732. The van der Waals surface area contributed by atoms with Gasteiger partial charge in [-0.3, -0.25) is 0 Å². The Hall–Kier alpha value is -0.960. The van der Waals surface area contributed by atoms with Gasteiger partial charge in [-0.1, -0.05) is 11.6 Å². The molecule has 0 aromatic heterocycles. The number of nitrogens with one attached hydrogen (secondary N) is 1. The third kappa shape index (κ3) is 1.37. The molecule has 0 radical (unpaired) electrons. The van der Waals surface area contributed by atoms with Gasteiger partial charge in [-0.25, -0.2) is 4.39 Å². The van der Waals surface area contributed by atoms with E-state index in [0.717, 1.165) is 24.5 Å². The number of hydrogen-bond donors (Lipinski definition) is 1. The van der Waals surface area contributed by atoms with E-state index in [1.54, 1.807) is 12.1 Å². The summed E-state index contributed by atoms with van der Waals surface area (Å²) in [6.07, 6.45) is 2.38. The van der Waals surface area contributed by atoms with Crippen molar-refractivity contribution in [3.05, 3.63) is 23.0 Å². The number of benzene rings is 1. The topological polar surface area (TPSA) is 15.3 Å². The van der Waals surface area contributed by atoms with E-state index in [4.69, 9.17) is 11.6 Å². The molecule has 1 saturated heterocycles. The molecule has 15 heavy (non-hydrogen) atoms. The van der Waals surface area contributed by atoms with Crippen molar-refractivity contribution in [2.75, 3.05) is 23.3 Å². The summed E-state index contributed by atoms with van der Waals surface area (Å²) in [6, 6.07) is 3.75. The minimum absolute atomic E-state index is 0.193. The summed E-state index contributed by atoms with van der Waals surface area (Å²) in [4.78, 5) is 2.28. The van der Waals surface area contributed by atoms with Gasteiger partial charge in [0.1, 0.15) is 5.82 Å². The van der Waals surface area contributed by atoms with E-state index in [1.807, 2.05) is 0 Å². The van der Waals surface area contributed by atoms with Crippen molar-refractivity contribution in [2.45, 2.75) is 18.9 Å². The van der Waals surface area contributed by atoms with Gasteiger partial charge in [-0.15, -0.1) is 0 Å². The monoisotopic (exact) mass is 226 g/mol. The first-order valence-corrected chi connectivity index (χ1v) is 5.63. The average Bonchev–Trinajstić information content (AvgIpc) is 2.68. The second kappa shape index (κ2) is 3.27. The molecule has 2 aliphatic rings. The van der Waals surface area contributed by atoms with Gasteiger partial charge in [0, 0.05) is 25.2 Å². The fourth-order valence-corrected chi connectivity index (χ4v) is 2.67. The van der Waals surface area contributed by atoms with Gasteiger partial charge >= 0.3 is 0 Å². The molecular weight excluding hydrogens is 215 g/mol. The number of halogens is 2. The molecule has 1 aromatic carbocycles. The van der Waals surface area contributed by atoms with Crippen molar-refractivity contribution in [2.24, 2.45) is 0 Å². The van der Waals surface area contributed by atoms with Crippen LogP contribution >= 0.6 is 11.6 Å². The summed E-state index contributed by atoms with van der Waals surface area (Å²) in [6.45, 7) is 1.97. The average molecular weight is 227 g/mol. The molecule has 0 spiro atoms. The van der Waals surface area contributed by atoms with Gasteiger partial charge in [0.25, 0.3) is 0 Å². The number of fused-ring (bicyclic) bond motifs is 3. The van der Waals surface area contributed by atoms with Crippen LogP contribution in [0.2, 0.25) is 5.02 Å². The molecule has 1 unspecified atom stereocenters. The van der Waals surface area contributed by atoms with E-state index in [9.17, 15) is 4.39 Å². The Balaban J connectivity index is 2.09. The lowest BCUT2D eigenvalue weighted by Gasteiger charge is -2.34. The number of hydrogen-bond acceptors (Lipinski definition) is 2. The van der Waals surface area contributed by atoms with Crippen molar-refractivity contribution >= 4 is 23.0 Å². The minimum Gasteiger partial charge on any atom is -0.381 e. The van der Waals surface area contributed by atoms with Crippen LogP contribution in [0, 0.1) is 5.82 Å². The van der Waals surface area contributed by atoms with Crippen LogP contribution in [-0.2, 0) is 0 Å². The maximum Gasteiger partial charge on any atom is 0.144 e. The Kier molecular flexibility index (Phi) is 2.02. The Morgan fingerprint density at radius 3 is 3.20 bits per heavy atom. The van der Waals surface area contributed by atoms with Crippen LogP contribution in [0.15, 0.2) is 12.1 Å². The van der Waals surface area contributed by atoms with Crippen molar-refractivity contribution < 1.29 is 4.39 Å². The molecule has 4 heteroatoms. The normalized spacial score (nSPS) is 23.3. The molecule has 2 heterocycles. The first-order chi connectivity index (χ1) is 7.25. The van der Waals surface area contributed by atoms with E-state index >= 15 is 0 Å².